The standard InChI is InChI=1S/C15H18N2O2S/c1-17(8-7-12-4-3-9-20-12)15(18)11-5-6-13(16)14(10-11)19-2/h3-6,9-10H,7-8,16H2,1-2H3. The summed E-state index contributed by atoms with van der Waals surface area (Å²) >= 11 is 1.71. The Morgan fingerprint density at radius 3 is 2.85 bits per heavy atom. The van der Waals surface area contributed by atoms with Crippen molar-refractivity contribution < 1.29 is 9.53 Å². The minimum Gasteiger partial charge on any atom is -0.495 e. The van der Waals surface area contributed by atoms with Crippen molar-refractivity contribution in [3.8, 4) is 5.75 Å². The Balaban J connectivity index is 2.02. The molecule has 1 heterocycles. The van der Waals surface area contributed by atoms with Gasteiger partial charge in [-0.3, -0.25) is 4.79 Å². The molecule has 0 spiro atoms. The molecular weight excluding hydrogens is 272 g/mol. The summed E-state index contributed by atoms with van der Waals surface area (Å²) in [5, 5.41) is 2.04. The number of nitrogens with zero attached hydrogens (tertiary/aromatic N) is 1. The third kappa shape index (κ3) is 3.30. The average molecular weight is 290 g/mol. The Labute approximate surface area is 122 Å². The van der Waals surface area contributed by atoms with Gasteiger partial charge < -0.3 is 15.4 Å². The van der Waals surface area contributed by atoms with E-state index in [1.165, 1.54) is 4.88 Å². The molecule has 2 N–H and O–H groups in total. The number of carbonyl (C=O) groups is 1. The van der Waals surface area contributed by atoms with Crippen molar-refractivity contribution in [1.29, 1.82) is 0 Å². The van der Waals surface area contributed by atoms with Gasteiger partial charge in [0.05, 0.1) is 12.8 Å². The van der Waals surface area contributed by atoms with Crippen LogP contribution in [0.3, 0.4) is 0 Å². The maximum absolute atomic E-state index is 12.3. The monoisotopic (exact) mass is 290 g/mol. The number of nitrogens with two attached hydrogens (primary N) is 1. The van der Waals surface area contributed by atoms with Crippen LogP contribution < -0.4 is 10.5 Å². The number of amides is 1. The lowest BCUT2D eigenvalue weighted by Crippen LogP contribution is -2.28. The lowest BCUT2D eigenvalue weighted by atomic mass is 10.1. The molecule has 0 aliphatic rings. The van der Waals surface area contributed by atoms with Gasteiger partial charge >= 0.3 is 0 Å². The van der Waals surface area contributed by atoms with Crippen LogP contribution >= 0.6 is 11.3 Å². The Kier molecular flexibility index (Phi) is 4.63. The number of nitrogen functional groups attached to an aromatic ring is 1. The van der Waals surface area contributed by atoms with Gasteiger partial charge in [0.1, 0.15) is 5.75 Å². The van der Waals surface area contributed by atoms with Gasteiger partial charge in [0.25, 0.3) is 5.91 Å². The van der Waals surface area contributed by atoms with Gasteiger partial charge in [-0.05, 0) is 36.1 Å². The molecule has 0 fully saturated rings. The Morgan fingerprint density at radius 1 is 1.40 bits per heavy atom. The van der Waals surface area contributed by atoms with Crippen LogP contribution in [-0.2, 0) is 6.42 Å². The van der Waals surface area contributed by atoms with Crippen LogP contribution in [0.4, 0.5) is 5.69 Å². The first-order valence-electron chi connectivity index (χ1n) is 6.33. The minimum atomic E-state index is -0.0279. The highest BCUT2D eigenvalue weighted by Gasteiger charge is 2.13. The molecule has 0 saturated heterocycles. The number of carbonyl (C=O) groups excluding carboxylic acids is 1. The third-order valence-electron chi connectivity index (χ3n) is 3.10. The SMILES string of the molecule is COc1cc(C(=O)N(C)CCc2cccs2)ccc1N. The number of hydrogen-bond acceptors (Lipinski definition) is 4. The van der Waals surface area contributed by atoms with Crippen LogP contribution in [0.2, 0.25) is 0 Å². The van der Waals surface area contributed by atoms with E-state index in [2.05, 4.69) is 6.07 Å². The van der Waals surface area contributed by atoms with E-state index in [9.17, 15) is 4.79 Å². The largest absolute Gasteiger partial charge is 0.495 e. The normalized spacial score (nSPS) is 10.3. The highest BCUT2D eigenvalue weighted by molar-refractivity contribution is 7.09. The number of thiophene rings is 1. The lowest BCUT2D eigenvalue weighted by molar-refractivity contribution is 0.0796. The average Bonchev–Trinajstić information content (AvgIpc) is 2.97. The second kappa shape index (κ2) is 6.43. The Bertz CT molecular complexity index is 582. The van der Waals surface area contributed by atoms with Crippen molar-refractivity contribution in [2.24, 2.45) is 0 Å². The number of methoxy groups -OCH3 is 1. The molecule has 0 unspecified atom stereocenters. The van der Waals surface area contributed by atoms with Crippen LogP contribution in [0.1, 0.15) is 15.2 Å². The number of rotatable bonds is 5. The summed E-state index contributed by atoms with van der Waals surface area (Å²) < 4.78 is 5.14. The van der Waals surface area contributed by atoms with E-state index in [1.54, 1.807) is 48.6 Å². The van der Waals surface area contributed by atoms with Crippen LogP contribution in [0, 0.1) is 0 Å². The van der Waals surface area contributed by atoms with Crippen LogP contribution in [0.25, 0.3) is 0 Å². The van der Waals surface area contributed by atoms with E-state index in [4.69, 9.17) is 10.5 Å². The molecule has 4 nitrogen and oxygen atoms in total. The van der Waals surface area contributed by atoms with Crippen molar-refractivity contribution in [1.82, 2.24) is 4.90 Å². The minimum absolute atomic E-state index is 0.0279. The highest BCUT2D eigenvalue weighted by atomic mass is 32.1. The smallest absolute Gasteiger partial charge is 0.253 e. The van der Waals surface area contributed by atoms with Gasteiger partial charge in [0, 0.05) is 24.0 Å². The number of anilines is 1. The van der Waals surface area contributed by atoms with E-state index in [1.807, 2.05) is 11.4 Å². The molecule has 1 aromatic heterocycles. The number of hydrogen-bond donors (Lipinski definition) is 1. The van der Waals surface area contributed by atoms with Gasteiger partial charge in [0.15, 0.2) is 0 Å². The molecule has 2 aromatic rings. The zero-order chi connectivity index (χ0) is 14.5. The zero-order valence-corrected chi connectivity index (χ0v) is 12.4. The summed E-state index contributed by atoms with van der Waals surface area (Å²) in [6.45, 7) is 0.687. The number of benzene rings is 1. The fourth-order valence-electron chi connectivity index (χ4n) is 1.90. The van der Waals surface area contributed by atoms with E-state index in [-0.39, 0.29) is 5.91 Å². The molecule has 0 aliphatic heterocycles. The fourth-order valence-corrected chi connectivity index (χ4v) is 2.60. The molecule has 2 rings (SSSR count). The molecule has 106 valence electrons. The molecular formula is C15H18N2O2S. The van der Waals surface area contributed by atoms with E-state index >= 15 is 0 Å². The molecule has 0 aliphatic carbocycles. The highest BCUT2D eigenvalue weighted by Crippen LogP contribution is 2.22. The summed E-state index contributed by atoms with van der Waals surface area (Å²) in [6.07, 6.45) is 0.867. The van der Waals surface area contributed by atoms with E-state index in [0.717, 1.165) is 6.42 Å². The van der Waals surface area contributed by atoms with Crippen LogP contribution in [0.5, 0.6) is 5.75 Å². The predicted octanol–water partition coefficient (Wildman–Crippen LogP) is 2.65. The lowest BCUT2D eigenvalue weighted by Gasteiger charge is -2.17. The molecule has 0 radical (unpaired) electrons. The van der Waals surface area contributed by atoms with Gasteiger partial charge in [-0.15, -0.1) is 11.3 Å². The first kappa shape index (κ1) is 14.4. The summed E-state index contributed by atoms with van der Waals surface area (Å²) in [5.41, 5.74) is 6.87. The maximum Gasteiger partial charge on any atom is 0.253 e. The van der Waals surface area contributed by atoms with Crippen molar-refractivity contribution in [3.63, 3.8) is 0 Å². The zero-order valence-electron chi connectivity index (χ0n) is 11.6. The van der Waals surface area contributed by atoms with Crippen molar-refractivity contribution in [2.45, 2.75) is 6.42 Å². The number of likely N-dealkylation sites (N-methyl/N-ethyl adjacent to an activating group) is 1. The second-order valence-electron chi connectivity index (χ2n) is 4.51. The summed E-state index contributed by atoms with van der Waals surface area (Å²) in [7, 11) is 3.35. The van der Waals surface area contributed by atoms with Crippen LogP contribution in [-0.4, -0.2) is 31.5 Å². The number of ether oxygens (including phenoxy) is 1. The quantitative estimate of drug-likeness (QED) is 0.861. The van der Waals surface area contributed by atoms with Crippen molar-refractivity contribution >= 4 is 22.9 Å². The molecule has 1 amide bonds. The summed E-state index contributed by atoms with van der Waals surface area (Å²) in [6, 6.07) is 9.20. The van der Waals surface area contributed by atoms with Gasteiger partial charge in [0.2, 0.25) is 0 Å². The van der Waals surface area contributed by atoms with Crippen molar-refractivity contribution in [3.05, 3.63) is 46.2 Å². The molecule has 20 heavy (non-hydrogen) atoms. The second-order valence-corrected chi connectivity index (χ2v) is 5.55. The van der Waals surface area contributed by atoms with Gasteiger partial charge in [-0.25, -0.2) is 0 Å². The van der Waals surface area contributed by atoms with E-state index < -0.39 is 0 Å². The molecule has 0 saturated carbocycles. The molecule has 1 aromatic carbocycles. The summed E-state index contributed by atoms with van der Waals surface area (Å²) in [4.78, 5) is 15.3. The first-order chi connectivity index (χ1) is 9.61. The molecule has 0 bridgehead atoms. The predicted molar refractivity (Wildman–Crippen MR) is 82.4 cm³/mol. The Hall–Kier alpha value is -2.01. The first-order valence-corrected chi connectivity index (χ1v) is 7.21. The van der Waals surface area contributed by atoms with Crippen LogP contribution in [0.15, 0.2) is 35.7 Å². The molecule has 5 heteroatoms. The van der Waals surface area contributed by atoms with E-state index in [0.29, 0.717) is 23.5 Å². The van der Waals surface area contributed by atoms with Crippen molar-refractivity contribution in [2.75, 3.05) is 26.4 Å². The van der Waals surface area contributed by atoms with Gasteiger partial charge in [-0.1, -0.05) is 6.07 Å². The fraction of sp³-hybridized carbons (Fsp3) is 0.267. The van der Waals surface area contributed by atoms with Gasteiger partial charge in [-0.2, -0.15) is 0 Å². The third-order valence-corrected chi connectivity index (χ3v) is 4.04. The maximum atomic E-state index is 12.3. The Morgan fingerprint density at radius 2 is 2.20 bits per heavy atom. The molecule has 0 atom stereocenters. The topological polar surface area (TPSA) is 55.6 Å². The summed E-state index contributed by atoms with van der Waals surface area (Å²) in [5.74, 6) is 0.502.